The molecule has 0 bridgehead atoms. The SMILES string of the molecule is CCOc1ccc(C(=O)NC(C(=O)N2CCC(C(=O)OC)(c3ccccc3)CC2)C(C)C)cc1. The lowest BCUT2D eigenvalue weighted by Crippen LogP contribution is -2.56. The Kier molecular flexibility index (Phi) is 8.31. The second-order valence-corrected chi connectivity index (χ2v) is 8.92. The summed E-state index contributed by atoms with van der Waals surface area (Å²) in [4.78, 5) is 40.8. The molecular weight excluding hydrogens is 432 g/mol. The summed E-state index contributed by atoms with van der Waals surface area (Å²) in [6.07, 6.45) is 0.931. The zero-order valence-electron chi connectivity index (χ0n) is 20.4. The van der Waals surface area contributed by atoms with Gasteiger partial charge in [-0.1, -0.05) is 44.2 Å². The summed E-state index contributed by atoms with van der Waals surface area (Å²) in [5.41, 5.74) is 0.596. The molecule has 1 aliphatic heterocycles. The van der Waals surface area contributed by atoms with E-state index in [-0.39, 0.29) is 23.7 Å². The van der Waals surface area contributed by atoms with Crippen molar-refractivity contribution in [3.8, 4) is 5.75 Å². The molecule has 1 N–H and O–H groups in total. The number of hydrogen-bond donors (Lipinski definition) is 1. The minimum atomic E-state index is -0.772. The third kappa shape index (κ3) is 5.41. The molecule has 0 aliphatic carbocycles. The number of benzene rings is 2. The molecule has 3 rings (SSSR count). The molecule has 2 aromatic rings. The van der Waals surface area contributed by atoms with Crippen LogP contribution in [0.5, 0.6) is 5.75 Å². The molecule has 34 heavy (non-hydrogen) atoms. The molecule has 1 saturated heterocycles. The van der Waals surface area contributed by atoms with Gasteiger partial charge in [0.2, 0.25) is 5.91 Å². The standard InChI is InChI=1S/C27H34N2O5/c1-5-34-22-13-11-20(12-14-22)24(30)28-23(19(2)3)25(31)29-17-15-27(16-18-29,26(32)33-4)21-9-7-6-8-10-21/h6-14,19,23H,5,15-18H2,1-4H3,(H,28,30). The van der Waals surface area contributed by atoms with Gasteiger partial charge >= 0.3 is 5.97 Å². The number of nitrogens with one attached hydrogen (secondary N) is 1. The van der Waals surface area contributed by atoms with Gasteiger partial charge in [0, 0.05) is 18.7 Å². The molecule has 1 aliphatic rings. The third-order valence-corrected chi connectivity index (χ3v) is 6.48. The Balaban J connectivity index is 1.71. The largest absolute Gasteiger partial charge is 0.494 e. The Labute approximate surface area is 201 Å². The zero-order valence-corrected chi connectivity index (χ0v) is 20.4. The van der Waals surface area contributed by atoms with E-state index >= 15 is 0 Å². The molecule has 0 aromatic heterocycles. The van der Waals surface area contributed by atoms with Gasteiger partial charge in [-0.25, -0.2) is 0 Å². The van der Waals surface area contributed by atoms with Crippen molar-refractivity contribution >= 4 is 17.8 Å². The van der Waals surface area contributed by atoms with Gasteiger partial charge < -0.3 is 19.7 Å². The highest BCUT2D eigenvalue weighted by atomic mass is 16.5. The van der Waals surface area contributed by atoms with E-state index in [2.05, 4.69) is 5.32 Å². The van der Waals surface area contributed by atoms with Crippen LogP contribution in [0, 0.1) is 5.92 Å². The van der Waals surface area contributed by atoms with Crippen LogP contribution in [0.25, 0.3) is 0 Å². The van der Waals surface area contributed by atoms with E-state index in [1.807, 2.05) is 51.1 Å². The van der Waals surface area contributed by atoms with Gasteiger partial charge in [0.15, 0.2) is 0 Å². The predicted octanol–water partition coefficient (Wildman–Crippen LogP) is 3.57. The van der Waals surface area contributed by atoms with Crippen molar-refractivity contribution in [2.45, 2.75) is 45.1 Å². The summed E-state index contributed by atoms with van der Waals surface area (Å²) in [5, 5.41) is 2.91. The molecule has 1 fully saturated rings. The fourth-order valence-corrected chi connectivity index (χ4v) is 4.48. The summed E-state index contributed by atoms with van der Waals surface area (Å²) in [7, 11) is 1.40. The number of hydrogen-bond acceptors (Lipinski definition) is 5. The van der Waals surface area contributed by atoms with E-state index in [1.165, 1.54) is 7.11 Å². The Morgan fingerprint density at radius 3 is 2.15 bits per heavy atom. The number of methoxy groups -OCH3 is 1. The number of likely N-dealkylation sites (tertiary alicyclic amines) is 1. The number of rotatable bonds is 8. The zero-order chi connectivity index (χ0) is 24.7. The number of nitrogens with zero attached hydrogens (tertiary/aromatic N) is 1. The summed E-state index contributed by atoms with van der Waals surface area (Å²) >= 11 is 0. The van der Waals surface area contributed by atoms with E-state index in [1.54, 1.807) is 29.2 Å². The minimum absolute atomic E-state index is 0.0967. The molecule has 0 spiro atoms. The van der Waals surface area contributed by atoms with Crippen LogP contribution in [0.15, 0.2) is 54.6 Å². The molecule has 2 aromatic carbocycles. The number of esters is 1. The van der Waals surface area contributed by atoms with Crippen LogP contribution >= 0.6 is 0 Å². The second-order valence-electron chi connectivity index (χ2n) is 8.92. The van der Waals surface area contributed by atoms with Gasteiger partial charge in [0.05, 0.1) is 19.1 Å². The van der Waals surface area contributed by atoms with Crippen LogP contribution in [0.2, 0.25) is 0 Å². The number of amides is 2. The molecule has 7 nitrogen and oxygen atoms in total. The van der Waals surface area contributed by atoms with E-state index in [0.717, 1.165) is 5.56 Å². The van der Waals surface area contributed by atoms with Crippen molar-refractivity contribution in [2.75, 3.05) is 26.8 Å². The first-order chi connectivity index (χ1) is 16.3. The minimum Gasteiger partial charge on any atom is -0.494 e. The number of carbonyl (C=O) groups excluding carboxylic acids is 3. The van der Waals surface area contributed by atoms with Gasteiger partial charge in [-0.2, -0.15) is 0 Å². The first kappa shape index (κ1) is 25.3. The summed E-state index contributed by atoms with van der Waals surface area (Å²) in [5.74, 6) is -0.131. The number of piperidine rings is 1. The molecule has 1 heterocycles. The monoisotopic (exact) mass is 466 g/mol. The Hall–Kier alpha value is -3.35. The highest BCUT2D eigenvalue weighted by Crippen LogP contribution is 2.37. The quantitative estimate of drug-likeness (QED) is 0.601. The lowest BCUT2D eigenvalue weighted by atomic mass is 9.72. The van der Waals surface area contributed by atoms with E-state index < -0.39 is 11.5 Å². The molecule has 182 valence electrons. The van der Waals surface area contributed by atoms with Crippen molar-refractivity contribution in [1.29, 1.82) is 0 Å². The number of ether oxygens (including phenoxy) is 2. The van der Waals surface area contributed by atoms with Gasteiger partial charge in [-0.3, -0.25) is 14.4 Å². The Morgan fingerprint density at radius 1 is 1.00 bits per heavy atom. The Morgan fingerprint density at radius 2 is 1.62 bits per heavy atom. The topological polar surface area (TPSA) is 84.9 Å². The normalized spacial score (nSPS) is 16.0. The molecule has 0 saturated carbocycles. The molecule has 7 heteroatoms. The van der Waals surface area contributed by atoms with Crippen molar-refractivity contribution < 1.29 is 23.9 Å². The van der Waals surface area contributed by atoms with Crippen LogP contribution < -0.4 is 10.1 Å². The van der Waals surface area contributed by atoms with Crippen LogP contribution in [0.4, 0.5) is 0 Å². The predicted molar refractivity (Wildman–Crippen MR) is 130 cm³/mol. The highest BCUT2D eigenvalue weighted by Gasteiger charge is 2.45. The van der Waals surface area contributed by atoms with Crippen molar-refractivity contribution in [3.05, 3.63) is 65.7 Å². The third-order valence-electron chi connectivity index (χ3n) is 6.48. The maximum absolute atomic E-state index is 13.4. The van der Waals surface area contributed by atoms with Crippen molar-refractivity contribution in [1.82, 2.24) is 10.2 Å². The smallest absolute Gasteiger partial charge is 0.316 e. The van der Waals surface area contributed by atoms with Gasteiger partial charge in [0.1, 0.15) is 11.8 Å². The maximum atomic E-state index is 13.4. The van der Waals surface area contributed by atoms with E-state index in [0.29, 0.717) is 43.9 Å². The first-order valence-electron chi connectivity index (χ1n) is 11.8. The van der Waals surface area contributed by atoms with Crippen LogP contribution in [-0.4, -0.2) is 55.5 Å². The average Bonchev–Trinajstić information content (AvgIpc) is 2.87. The molecule has 2 amide bonds. The fraction of sp³-hybridized carbons (Fsp3) is 0.444. The van der Waals surface area contributed by atoms with Gasteiger partial charge in [-0.05, 0) is 55.5 Å². The average molecular weight is 467 g/mol. The summed E-state index contributed by atoms with van der Waals surface area (Å²) in [6.45, 7) is 7.08. The van der Waals surface area contributed by atoms with Crippen LogP contribution in [-0.2, 0) is 19.7 Å². The fourth-order valence-electron chi connectivity index (χ4n) is 4.48. The van der Waals surface area contributed by atoms with Crippen molar-refractivity contribution in [2.24, 2.45) is 5.92 Å². The van der Waals surface area contributed by atoms with E-state index in [4.69, 9.17) is 9.47 Å². The summed E-state index contributed by atoms with van der Waals surface area (Å²) < 4.78 is 10.6. The van der Waals surface area contributed by atoms with Crippen molar-refractivity contribution in [3.63, 3.8) is 0 Å². The molecule has 1 unspecified atom stereocenters. The number of carbonyl (C=O) groups is 3. The highest BCUT2D eigenvalue weighted by molar-refractivity contribution is 5.97. The van der Waals surface area contributed by atoms with Crippen LogP contribution in [0.1, 0.15) is 49.5 Å². The lowest BCUT2D eigenvalue weighted by molar-refractivity contribution is -0.152. The molecule has 1 atom stereocenters. The second kappa shape index (κ2) is 11.2. The van der Waals surface area contributed by atoms with E-state index in [9.17, 15) is 14.4 Å². The Bertz CT molecular complexity index is 980. The first-order valence-corrected chi connectivity index (χ1v) is 11.8. The maximum Gasteiger partial charge on any atom is 0.316 e. The molecule has 0 radical (unpaired) electrons. The molecular formula is C27H34N2O5. The lowest BCUT2D eigenvalue weighted by Gasteiger charge is -2.41. The summed E-state index contributed by atoms with van der Waals surface area (Å²) in [6, 6.07) is 15.8. The van der Waals surface area contributed by atoms with Gasteiger partial charge in [0.25, 0.3) is 5.91 Å². The van der Waals surface area contributed by atoms with Crippen LogP contribution in [0.3, 0.4) is 0 Å². The van der Waals surface area contributed by atoms with Gasteiger partial charge in [-0.15, -0.1) is 0 Å².